The van der Waals surface area contributed by atoms with Crippen LogP contribution in [0.2, 0.25) is 0 Å². The summed E-state index contributed by atoms with van der Waals surface area (Å²) in [5, 5.41) is 0. The molecule has 0 bridgehead atoms. The van der Waals surface area contributed by atoms with Crippen LogP contribution in [0.3, 0.4) is 0 Å². The van der Waals surface area contributed by atoms with Crippen LogP contribution < -0.4 is 0 Å². The Kier molecular flexibility index (Phi) is 5.03. The van der Waals surface area contributed by atoms with Crippen molar-refractivity contribution < 1.29 is 8.42 Å². The Balaban J connectivity index is 1.92. The minimum Gasteiger partial charge on any atom is -0.213 e. The van der Waals surface area contributed by atoms with Crippen molar-refractivity contribution in [3.8, 4) is 0 Å². The third-order valence-corrected chi connectivity index (χ3v) is 6.40. The van der Waals surface area contributed by atoms with Crippen LogP contribution in [0.5, 0.6) is 0 Å². The normalized spacial score (nSPS) is 18.8. The molecule has 0 amide bonds. The molecule has 2 rings (SSSR count). The summed E-state index contributed by atoms with van der Waals surface area (Å²) < 4.78 is 24.6. The molecule has 0 aliphatic carbocycles. The summed E-state index contributed by atoms with van der Waals surface area (Å²) in [6.45, 7) is 3.56. The van der Waals surface area contributed by atoms with E-state index in [0.29, 0.717) is 19.0 Å². The molecule has 0 atom stereocenters. The number of aryl methyl sites for hydroxylation is 1. The molecule has 0 radical (unpaired) electrons. The largest absolute Gasteiger partial charge is 0.213 e. The predicted octanol–water partition coefficient (Wildman–Crippen LogP) is 3.23. The number of nitrogens with zero attached hydrogens (tertiary/aromatic N) is 1. The van der Waals surface area contributed by atoms with Crippen molar-refractivity contribution in [3.63, 3.8) is 0 Å². The lowest BCUT2D eigenvalue weighted by Gasteiger charge is -2.29. The van der Waals surface area contributed by atoms with Crippen molar-refractivity contribution in [2.75, 3.05) is 19.3 Å². The zero-order valence-electron chi connectivity index (χ0n) is 11.8. The maximum atomic E-state index is 11.5. The van der Waals surface area contributed by atoms with E-state index in [1.807, 2.05) is 11.3 Å². The molecule has 108 valence electrons. The second kappa shape index (κ2) is 6.37. The van der Waals surface area contributed by atoms with Gasteiger partial charge in [0.25, 0.3) is 0 Å². The molecule has 1 aliphatic heterocycles. The van der Waals surface area contributed by atoms with Gasteiger partial charge in [-0.2, -0.15) is 0 Å². The fraction of sp³-hybridized carbons (Fsp3) is 0.714. The smallest absolute Gasteiger partial charge is 0.211 e. The fourth-order valence-electron chi connectivity index (χ4n) is 2.57. The Morgan fingerprint density at radius 3 is 2.58 bits per heavy atom. The van der Waals surface area contributed by atoms with Crippen molar-refractivity contribution >= 4 is 21.4 Å². The molecule has 19 heavy (non-hydrogen) atoms. The monoisotopic (exact) mass is 301 g/mol. The minimum absolute atomic E-state index is 0.554. The van der Waals surface area contributed by atoms with Crippen molar-refractivity contribution in [3.05, 3.63) is 21.9 Å². The highest BCUT2D eigenvalue weighted by Crippen LogP contribution is 2.33. The third-order valence-electron chi connectivity index (χ3n) is 3.78. The third kappa shape index (κ3) is 4.04. The summed E-state index contributed by atoms with van der Waals surface area (Å²) in [6, 6.07) is 4.50. The molecule has 3 nitrogen and oxygen atoms in total. The minimum atomic E-state index is -3.00. The SMILES string of the molecule is CCCCc1ccc(C2CCN(S(C)(=O)=O)CC2)s1. The summed E-state index contributed by atoms with van der Waals surface area (Å²) in [4.78, 5) is 2.92. The summed E-state index contributed by atoms with van der Waals surface area (Å²) in [6.07, 6.45) is 6.90. The Morgan fingerprint density at radius 2 is 2.00 bits per heavy atom. The molecule has 0 aromatic carbocycles. The van der Waals surface area contributed by atoms with Gasteiger partial charge >= 0.3 is 0 Å². The average Bonchev–Trinajstić information content (AvgIpc) is 2.84. The first kappa shape index (κ1) is 15.0. The van der Waals surface area contributed by atoms with Gasteiger partial charge in [-0.05, 0) is 43.7 Å². The van der Waals surface area contributed by atoms with Crippen molar-refractivity contribution in [2.45, 2.75) is 44.9 Å². The number of hydrogen-bond donors (Lipinski definition) is 0. The molecule has 2 heterocycles. The molecule has 0 N–H and O–H groups in total. The van der Waals surface area contributed by atoms with Crippen molar-refractivity contribution in [2.24, 2.45) is 0 Å². The number of unbranched alkanes of at least 4 members (excludes halogenated alkanes) is 1. The molecule has 0 unspecified atom stereocenters. The van der Waals surface area contributed by atoms with Gasteiger partial charge in [-0.25, -0.2) is 12.7 Å². The van der Waals surface area contributed by atoms with Gasteiger partial charge in [0.15, 0.2) is 0 Å². The Hall–Kier alpha value is -0.390. The molecular weight excluding hydrogens is 278 g/mol. The Labute approximate surface area is 120 Å². The molecular formula is C14H23NO2S2. The van der Waals surface area contributed by atoms with Crippen molar-refractivity contribution in [1.29, 1.82) is 0 Å². The van der Waals surface area contributed by atoms with Gasteiger partial charge in [0.2, 0.25) is 10.0 Å². The van der Waals surface area contributed by atoms with E-state index >= 15 is 0 Å². The second-order valence-electron chi connectivity index (χ2n) is 5.34. The molecule has 1 fully saturated rings. The van der Waals surface area contributed by atoms with Crippen molar-refractivity contribution in [1.82, 2.24) is 4.31 Å². The zero-order chi connectivity index (χ0) is 13.9. The maximum Gasteiger partial charge on any atom is 0.211 e. The van der Waals surface area contributed by atoms with E-state index < -0.39 is 10.0 Å². The van der Waals surface area contributed by atoms with Gasteiger partial charge in [0, 0.05) is 22.8 Å². The van der Waals surface area contributed by atoms with Crippen LogP contribution in [0.15, 0.2) is 12.1 Å². The van der Waals surface area contributed by atoms with E-state index in [-0.39, 0.29) is 0 Å². The summed E-state index contributed by atoms with van der Waals surface area (Å²) in [5.74, 6) is 0.554. The van der Waals surface area contributed by atoms with Gasteiger partial charge < -0.3 is 0 Å². The quantitative estimate of drug-likeness (QED) is 0.837. The first-order valence-corrected chi connectivity index (χ1v) is 9.71. The van der Waals surface area contributed by atoms with Crippen LogP contribution >= 0.6 is 11.3 Å². The highest BCUT2D eigenvalue weighted by Gasteiger charge is 2.26. The average molecular weight is 301 g/mol. The highest BCUT2D eigenvalue weighted by molar-refractivity contribution is 7.88. The van der Waals surface area contributed by atoms with Gasteiger partial charge in [-0.15, -0.1) is 11.3 Å². The molecule has 5 heteroatoms. The maximum absolute atomic E-state index is 11.5. The number of sulfonamides is 1. The molecule has 0 saturated carbocycles. The van der Waals surface area contributed by atoms with Gasteiger partial charge in [0.1, 0.15) is 0 Å². The molecule has 1 aromatic rings. The summed E-state index contributed by atoms with van der Waals surface area (Å²) >= 11 is 1.92. The van der Waals surface area contributed by atoms with E-state index in [9.17, 15) is 8.42 Å². The summed E-state index contributed by atoms with van der Waals surface area (Å²) in [7, 11) is -3.00. The number of hydrogen-bond acceptors (Lipinski definition) is 3. The highest BCUT2D eigenvalue weighted by atomic mass is 32.2. The van der Waals surface area contributed by atoms with E-state index in [1.165, 1.54) is 35.3 Å². The van der Waals surface area contributed by atoms with E-state index in [0.717, 1.165) is 12.8 Å². The van der Waals surface area contributed by atoms with Crippen LogP contribution in [-0.4, -0.2) is 32.1 Å². The lowest BCUT2D eigenvalue weighted by atomic mass is 9.96. The first-order valence-electron chi connectivity index (χ1n) is 7.04. The number of thiophene rings is 1. The zero-order valence-corrected chi connectivity index (χ0v) is 13.4. The van der Waals surface area contributed by atoms with Crippen LogP contribution in [0, 0.1) is 0 Å². The van der Waals surface area contributed by atoms with Gasteiger partial charge in [-0.3, -0.25) is 0 Å². The fourth-order valence-corrected chi connectivity index (χ4v) is 4.67. The van der Waals surface area contributed by atoms with Crippen LogP contribution in [0.25, 0.3) is 0 Å². The lowest BCUT2D eigenvalue weighted by molar-refractivity contribution is 0.323. The predicted molar refractivity (Wildman–Crippen MR) is 81.3 cm³/mol. The number of piperidine rings is 1. The molecule has 1 aromatic heterocycles. The van der Waals surface area contributed by atoms with E-state index in [4.69, 9.17) is 0 Å². The van der Waals surface area contributed by atoms with Gasteiger partial charge in [0.05, 0.1) is 6.26 Å². The summed E-state index contributed by atoms with van der Waals surface area (Å²) in [5.41, 5.74) is 0. The molecule has 1 aliphatic rings. The van der Waals surface area contributed by atoms with Gasteiger partial charge in [-0.1, -0.05) is 13.3 Å². The first-order chi connectivity index (χ1) is 9.00. The topological polar surface area (TPSA) is 37.4 Å². The van der Waals surface area contributed by atoms with Crippen LogP contribution in [-0.2, 0) is 16.4 Å². The van der Waals surface area contributed by atoms with Crippen LogP contribution in [0.1, 0.15) is 48.3 Å². The van der Waals surface area contributed by atoms with Crippen LogP contribution in [0.4, 0.5) is 0 Å². The second-order valence-corrected chi connectivity index (χ2v) is 8.53. The standard InChI is InChI=1S/C14H23NO2S2/c1-3-4-5-13-6-7-14(18-13)12-8-10-15(11-9-12)19(2,16)17/h6-7,12H,3-5,8-11H2,1-2H3. The molecule has 1 saturated heterocycles. The number of rotatable bonds is 5. The lowest BCUT2D eigenvalue weighted by Crippen LogP contribution is -2.36. The van der Waals surface area contributed by atoms with E-state index in [1.54, 1.807) is 4.31 Å². The Morgan fingerprint density at radius 1 is 1.32 bits per heavy atom. The Bertz CT molecular complexity index is 499. The van der Waals surface area contributed by atoms with E-state index in [2.05, 4.69) is 19.1 Å². The molecule has 0 spiro atoms.